The molecule has 0 aliphatic heterocycles. The van der Waals surface area contributed by atoms with E-state index in [9.17, 15) is 8.42 Å². The molecule has 0 aromatic carbocycles. The van der Waals surface area contributed by atoms with Gasteiger partial charge in [0.15, 0.2) is 0 Å². The van der Waals surface area contributed by atoms with Gasteiger partial charge in [-0.25, -0.2) is 13.1 Å². The third kappa shape index (κ3) is 4.57. The number of ether oxygens (including phenoxy) is 1. The van der Waals surface area contributed by atoms with Gasteiger partial charge in [-0.05, 0) is 35.3 Å². The van der Waals surface area contributed by atoms with Crippen LogP contribution in [0.4, 0.5) is 0 Å². The maximum Gasteiger partial charge on any atom is 0.242 e. The zero-order valence-corrected chi connectivity index (χ0v) is 14.9. The molecule has 1 unspecified atom stereocenters. The second-order valence-electron chi connectivity index (χ2n) is 3.72. The Morgan fingerprint density at radius 2 is 2.22 bits per heavy atom. The minimum atomic E-state index is -3.48. The molecule has 0 spiro atoms. The molecule has 1 heterocycles. The fourth-order valence-electron chi connectivity index (χ4n) is 1.49. The number of hydrogen-bond acceptors (Lipinski definition) is 4. The van der Waals surface area contributed by atoms with Gasteiger partial charge in [-0.3, -0.25) is 0 Å². The van der Waals surface area contributed by atoms with Crippen LogP contribution in [-0.2, 0) is 14.8 Å². The first kappa shape index (κ1) is 16.6. The van der Waals surface area contributed by atoms with E-state index in [1.54, 1.807) is 20.1 Å². The number of aryl methyl sites for hydroxylation is 1. The Morgan fingerprint density at radius 1 is 1.56 bits per heavy atom. The van der Waals surface area contributed by atoms with Crippen LogP contribution < -0.4 is 4.72 Å². The summed E-state index contributed by atoms with van der Waals surface area (Å²) in [6, 6.07) is 1.40. The lowest BCUT2D eigenvalue weighted by Gasteiger charge is -2.16. The third-order valence-electron chi connectivity index (χ3n) is 2.28. The van der Waals surface area contributed by atoms with E-state index in [1.165, 1.54) is 11.3 Å². The van der Waals surface area contributed by atoms with Crippen molar-refractivity contribution in [3.8, 4) is 0 Å². The van der Waals surface area contributed by atoms with Crippen molar-refractivity contribution in [3.05, 3.63) is 14.7 Å². The number of nitrogens with one attached hydrogen (secondary N) is 1. The van der Waals surface area contributed by atoms with Crippen molar-refractivity contribution in [2.75, 3.05) is 19.0 Å². The SMILES string of the molecule is COCC(CCBr)NS(=O)(=O)c1cc(Br)sc1C. The highest BCUT2D eigenvalue weighted by atomic mass is 79.9. The average Bonchev–Trinajstić information content (AvgIpc) is 2.59. The maximum atomic E-state index is 12.2. The summed E-state index contributed by atoms with van der Waals surface area (Å²) in [6.07, 6.45) is 0.678. The Labute approximate surface area is 128 Å². The van der Waals surface area contributed by atoms with E-state index in [1.807, 2.05) is 0 Å². The molecule has 0 amide bonds. The van der Waals surface area contributed by atoms with E-state index >= 15 is 0 Å². The highest BCUT2D eigenvalue weighted by Crippen LogP contribution is 2.29. The molecule has 0 aliphatic rings. The molecule has 0 bridgehead atoms. The van der Waals surface area contributed by atoms with Gasteiger partial charge in [0.25, 0.3) is 0 Å². The van der Waals surface area contributed by atoms with Crippen molar-refractivity contribution in [1.82, 2.24) is 4.72 Å². The summed E-state index contributed by atoms with van der Waals surface area (Å²) in [5.74, 6) is 0. The van der Waals surface area contributed by atoms with E-state index in [-0.39, 0.29) is 6.04 Å². The minimum Gasteiger partial charge on any atom is -0.383 e. The number of methoxy groups -OCH3 is 1. The highest BCUT2D eigenvalue weighted by molar-refractivity contribution is 9.11. The molecule has 8 heteroatoms. The summed E-state index contributed by atoms with van der Waals surface area (Å²) in [5.41, 5.74) is 0. The molecule has 0 saturated carbocycles. The first-order valence-electron chi connectivity index (χ1n) is 5.24. The van der Waals surface area contributed by atoms with Crippen molar-refractivity contribution in [3.63, 3.8) is 0 Å². The van der Waals surface area contributed by atoms with E-state index < -0.39 is 10.0 Å². The summed E-state index contributed by atoms with van der Waals surface area (Å²) < 4.78 is 33.0. The van der Waals surface area contributed by atoms with Crippen LogP contribution >= 0.6 is 43.2 Å². The van der Waals surface area contributed by atoms with Crippen LogP contribution in [0.1, 0.15) is 11.3 Å². The van der Waals surface area contributed by atoms with Gasteiger partial charge in [-0.2, -0.15) is 0 Å². The quantitative estimate of drug-likeness (QED) is 0.690. The lowest BCUT2D eigenvalue weighted by Crippen LogP contribution is -2.38. The number of rotatable bonds is 7. The molecule has 1 atom stereocenters. The monoisotopic (exact) mass is 419 g/mol. The molecule has 4 nitrogen and oxygen atoms in total. The predicted molar refractivity (Wildman–Crippen MR) is 81.2 cm³/mol. The van der Waals surface area contributed by atoms with Crippen molar-refractivity contribution >= 4 is 53.2 Å². The van der Waals surface area contributed by atoms with Crippen LogP contribution in [0.15, 0.2) is 14.7 Å². The normalized spacial score (nSPS) is 13.8. The van der Waals surface area contributed by atoms with E-state index in [4.69, 9.17) is 4.74 Å². The molecule has 0 fully saturated rings. The van der Waals surface area contributed by atoms with Gasteiger partial charge in [0.2, 0.25) is 10.0 Å². The molecule has 104 valence electrons. The molecule has 1 rings (SSSR count). The molecule has 1 N–H and O–H groups in total. The molecule has 1 aromatic rings. The topological polar surface area (TPSA) is 55.4 Å². The van der Waals surface area contributed by atoms with Crippen molar-refractivity contribution in [1.29, 1.82) is 0 Å². The largest absolute Gasteiger partial charge is 0.383 e. The summed E-state index contributed by atoms with van der Waals surface area (Å²) in [5, 5.41) is 0.718. The Bertz CT molecular complexity index is 481. The van der Waals surface area contributed by atoms with Crippen LogP contribution in [0, 0.1) is 6.92 Å². The number of thiophene rings is 1. The van der Waals surface area contributed by atoms with Gasteiger partial charge < -0.3 is 4.74 Å². The van der Waals surface area contributed by atoms with Gasteiger partial charge in [0, 0.05) is 23.4 Å². The van der Waals surface area contributed by atoms with Crippen molar-refractivity contribution < 1.29 is 13.2 Å². The first-order chi connectivity index (χ1) is 8.40. The Balaban J connectivity index is 2.89. The maximum absolute atomic E-state index is 12.2. The van der Waals surface area contributed by atoms with E-state index in [0.717, 1.165) is 14.0 Å². The van der Waals surface area contributed by atoms with Gasteiger partial charge in [-0.1, -0.05) is 15.9 Å². The van der Waals surface area contributed by atoms with Gasteiger partial charge in [0.05, 0.1) is 15.3 Å². The molecule has 18 heavy (non-hydrogen) atoms. The lowest BCUT2D eigenvalue weighted by atomic mass is 10.3. The minimum absolute atomic E-state index is 0.225. The zero-order chi connectivity index (χ0) is 13.8. The van der Waals surface area contributed by atoms with Crippen LogP contribution in [0.2, 0.25) is 0 Å². The molecule has 0 aliphatic carbocycles. The van der Waals surface area contributed by atoms with Crippen LogP contribution in [0.3, 0.4) is 0 Å². The summed E-state index contributed by atoms with van der Waals surface area (Å²) >= 11 is 8.01. The lowest BCUT2D eigenvalue weighted by molar-refractivity contribution is 0.173. The fraction of sp³-hybridized carbons (Fsp3) is 0.600. The predicted octanol–water partition coefficient (Wildman–Crippen LogP) is 2.90. The third-order valence-corrected chi connectivity index (χ3v) is 6.07. The Kier molecular flexibility index (Phi) is 6.77. The Hall–Kier alpha value is 0.530. The highest BCUT2D eigenvalue weighted by Gasteiger charge is 2.23. The number of hydrogen-bond donors (Lipinski definition) is 1. The summed E-state index contributed by atoms with van der Waals surface area (Å²) in [6.45, 7) is 2.15. The second-order valence-corrected chi connectivity index (χ2v) is 8.83. The summed E-state index contributed by atoms with van der Waals surface area (Å²) in [7, 11) is -1.93. The molecule has 0 saturated heterocycles. The number of sulfonamides is 1. The van der Waals surface area contributed by atoms with Crippen molar-refractivity contribution in [2.45, 2.75) is 24.3 Å². The van der Waals surface area contributed by atoms with Gasteiger partial charge >= 0.3 is 0 Å². The standard InChI is InChI=1S/C10H15Br2NO3S2/c1-7-9(5-10(12)17-7)18(14,15)13-8(3-4-11)6-16-2/h5,8,13H,3-4,6H2,1-2H3. The van der Waals surface area contributed by atoms with Crippen LogP contribution in [-0.4, -0.2) is 33.5 Å². The van der Waals surface area contributed by atoms with E-state index in [2.05, 4.69) is 36.6 Å². The smallest absolute Gasteiger partial charge is 0.242 e. The molecule has 0 radical (unpaired) electrons. The van der Waals surface area contributed by atoms with E-state index in [0.29, 0.717) is 17.9 Å². The summed E-state index contributed by atoms with van der Waals surface area (Å²) in [4.78, 5) is 1.10. The van der Waals surface area contributed by atoms with Crippen molar-refractivity contribution in [2.24, 2.45) is 0 Å². The van der Waals surface area contributed by atoms with Crippen LogP contribution in [0.5, 0.6) is 0 Å². The molecular weight excluding hydrogens is 406 g/mol. The zero-order valence-electron chi connectivity index (χ0n) is 10.1. The van der Waals surface area contributed by atoms with Gasteiger partial charge in [0.1, 0.15) is 0 Å². The van der Waals surface area contributed by atoms with Gasteiger partial charge in [-0.15, -0.1) is 11.3 Å². The fourth-order valence-corrected chi connectivity index (χ4v) is 5.71. The van der Waals surface area contributed by atoms with Crippen LogP contribution in [0.25, 0.3) is 0 Å². The molecular formula is C10H15Br2NO3S2. The Morgan fingerprint density at radius 3 is 2.67 bits per heavy atom. The number of halogens is 2. The average molecular weight is 421 g/mol. The first-order valence-corrected chi connectivity index (χ1v) is 9.45. The second kappa shape index (κ2) is 7.35. The molecule has 1 aromatic heterocycles. The number of alkyl halides is 1.